The van der Waals surface area contributed by atoms with E-state index in [9.17, 15) is 0 Å². The zero-order chi connectivity index (χ0) is 12.8. The summed E-state index contributed by atoms with van der Waals surface area (Å²) in [5.41, 5.74) is 2.44. The lowest BCUT2D eigenvalue weighted by Gasteiger charge is -2.07. The van der Waals surface area contributed by atoms with Crippen molar-refractivity contribution in [3.63, 3.8) is 0 Å². The van der Waals surface area contributed by atoms with Gasteiger partial charge in [-0.3, -0.25) is 4.98 Å². The summed E-state index contributed by atoms with van der Waals surface area (Å²) < 4.78 is 2.16. The topological polar surface area (TPSA) is 42.7 Å². The molecule has 0 aliphatic heterocycles. The van der Waals surface area contributed by atoms with Crippen molar-refractivity contribution in [1.82, 2.24) is 19.9 Å². The van der Waals surface area contributed by atoms with Crippen LogP contribution in [0.5, 0.6) is 0 Å². The van der Waals surface area contributed by atoms with Crippen molar-refractivity contribution in [2.75, 3.05) is 6.54 Å². The number of hydrogen-bond donors (Lipinski definition) is 1. The van der Waals surface area contributed by atoms with Gasteiger partial charge in [-0.15, -0.1) is 0 Å². The fraction of sp³-hybridized carbons (Fsp3) is 0.429. The van der Waals surface area contributed by atoms with Crippen LogP contribution < -0.4 is 5.32 Å². The minimum absolute atomic E-state index is 0.841. The third kappa shape index (κ3) is 3.17. The number of aryl methyl sites for hydroxylation is 1. The number of hydrogen-bond acceptors (Lipinski definition) is 3. The number of pyridine rings is 1. The molecule has 2 heterocycles. The summed E-state index contributed by atoms with van der Waals surface area (Å²) in [5.74, 6) is 1.10. The zero-order valence-corrected chi connectivity index (χ0v) is 11.1. The maximum atomic E-state index is 4.39. The van der Waals surface area contributed by atoms with E-state index in [1.54, 1.807) is 0 Å². The lowest BCUT2D eigenvalue weighted by Crippen LogP contribution is -2.12. The molecule has 0 radical (unpaired) electrons. The molecule has 0 aromatic carbocycles. The standard InChI is InChI=1S/C14H20N4/c1-3-15-10-13-7-12(9-16-11-13)8-14-17-5-6-18(14)4-2/h5-7,9,11,15H,3-4,8,10H2,1-2H3. The lowest BCUT2D eigenvalue weighted by molar-refractivity contribution is 0.708. The van der Waals surface area contributed by atoms with E-state index in [2.05, 4.69) is 39.8 Å². The highest BCUT2D eigenvalue weighted by molar-refractivity contribution is 5.21. The number of nitrogens with one attached hydrogen (secondary N) is 1. The Balaban J connectivity index is 2.09. The van der Waals surface area contributed by atoms with Crippen LogP contribution in [0.15, 0.2) is 30.9 Å². The summed E-state index contributed by atoms with van der Waals surface area (Å²) in [7, 11) is 0. The van der Waals surface area contributed by atoms with Gasteiger partial charge in [0, 0.05) is 44.3 Å². The van der Waals surface area contributed by atoms with Crippen LogP contribution >= 0.6 is 0 Å². The molecule has 4 heteroatoms. The minimum atomic E-state index is 0.841. The van der Waals surface area contributed by atoms with Gasteiger partial charge in [0.25, 0.3) is 0 Å². The minimum Gasteiger partial charge on any atom is -0.335 e. The molecule has 96 valence electrons. The van der Waals surface area contributed by atoms with Gasteiger partial charge in [-0.2, -0.15) is 0 Å². The summed E-state index contributed by atoms with van der Waals surface area (Å²) in [5, 5.41) is 3.31. The Morgan fingerprint density at radius 1 is 1.22 bits per heavy atom. The van der Waals surface area contributed by atoms with Gasteiger partial charge < -0.3 is 9.88 Å². The third-order valence-electron chi connectivity index (χ3n) is 2.94. The van der Waals surface area contributed by atoms with Crippen LogP contribution in [0.3, 0.4) is 0 Å². The molecule has 2 rings (SSSR count). The smallest absolute Gasteiger partial charge is 0.113 e. The molecular weight excluding hydrogens is 224 g/mol. The molecule has 0 saturated carbocycles. The SMILES string of the molecule is CCNCc1cncc(Cc2nccn2CC)c1. The molecule has 0 amide bonds. The number of aromatic nitrogens is 3. The van der Waals surface area contributed by atoms with Crippen molar-refractivity contribution < 1.29 is 0 Å². The van der Waals surface area contributed by atoms with Crippen LogP contribution in [0.2, 0.25) is 0 Å². The highest BCUT2D eigenvalue weighted by atomic mass is 15.0. The molecule has 0 atom stereocenters. The summed E-state index contributed by atoms with van der Waals surface area (Å²) in [4.78, 5) is 8.69. The first kappa shape index (κ1) is 12.8. The number of imidazole rings is 1. The Labute approximate surface area is 108 Å². The van der Waals surface area contributed by atoms with Crippen LogP contribution in [0.1, 0.15) is 30.8 Å². The van der Waals surface area contributed by atoms with Gasteiger partial charge in [-0.1, -0.05) is 13.0 Å². The number of rotatable bonds is 6. The van der Waals surface area contributed by atoms with E-state index in [0.29, 0.717) is 0 Å². The molecule has 0 aliphatic carbocycles. The van der Waals surface area contributed by atoms with Crippen LogP contribution in [0.25, 0.3) is 0 Å². The molecule has 0 aliphatic rings. The predicted molar refractivity (Wildman–Crippen MR) is 72.3 cm³/mol. The maximum absolute atomic E-state index is 4.39. The first-order valence-corrected chi connectivity index (χ1v) is 6.47. The average molecular weight is 244 g/mol. The second-order valence-electron chi connectivity index (χ2n) is 4.29. The van der Waals surface area contributed by atoms with Crippen molar-refractivity contribution >= 4 is 0 Å². The van der Waals surface area contributed by atoms with Crippen molar-refractivity contribution in [3.05, 3.63) is 47.8 Å². The van der Waals surface area contributed by atoms with E-state index in [1.165, 1.54) is 11.1 Å². The van der Waals surface area contributed by atoms with Gasteiger partial charge >= 0.3 is 0 Å². The molecule has 0 unspecified atom stereocenters. The fourth-order valence-electron chi connectivity index (χ4n) is 1.98. The van der Waals surface area contributed by atoms with E-state index in [4.69, 9.17) is 0 Å². The highest BCUT2D eigenvalue weighted by Gasteiger charge is 2.04. The quantitative estimate of drug-likeness (QED) is 0.845. The summed E-state index contributed by atoms with van der Waals surface area (Å²) in [6.07, 6.45) is 8.55. The second kappa shape index (κ2) is 6.31. The Bertz CT molecular complexity index is 490. The summed E-state index contributed by atoms with van der Waals surface area (Å²) >= 11 is 0. The monoisotopic (exact) mass is 244 g/mol. The summed E-state index contributed by atoms with van der Waals surface area (Å²) in [6.45, 7) is 7.05. The molecular formula is C14H20N4. The van der Waals surface area contributed by atoms with Gasteiger partial charge in [0.15, 0.2) is 0 Å². The van der Waals surface area contributed by atoms with Crippen molar-refractivity contribution in [2.24, 2.45) is 0 Å². The Kier molecular flexibility index (Phi) is 4.47. The number of nitrogens with zero attached hydrogens (tertiary/aromatic N) is 3. The van der Waals surface area contributed by atoms with E-state index in [-0.39, 0.29) is 0 Å². The van der Waals surface area contributed by atoms with Crippen molar-refractivity contribution in [3.8, 4) is 0 Å². The lowest BCUT2D eigenvalue weighted by atomic mass is 10.1. The molecule has 0 bridgehead atoms. The first-order valence-electron chi connectivity index (χ1n) is 6.47. The maximum Gasteiger partial charge on any atom is 0.113 e. The third-order valence-corrected chi connectivity index (χ3v) is 2.94. The van der Waals surface area contributed by atoms with E-state index in [0.717, 1.165) is 31.9 Å². The van der Waals surface area contributed by atoms with Crippen LogP contribution in [-0.4, -0.2) is 21.1 Å². The van der Waals surface area contributed by atoms with E-state index in [1.807, 2.05) is 24.8 Å². The average Bonchev–Trinajstić information content (AvgIpc) is 2.84. The normalized spacial score (nSPS) is 10.8. The molecule has 2 aromatic rings. The Morgan fingerprint density at radius 2 is 2.06 bits per heavy atom. The molecule has 0 fully saturated rings. The zero-order valence-electron chi connectivity index (χ0n) is 11.1. The molecule has 18 heavy (non-hydrogen) atoms. The van der Waals surface area contributed by atoms with Crippen LogP contribution in [0.4, 0.5) is 0 Å². The summed E-state index contributed by atoms with van der Waals surface area (Å²) in [6, 6.07) is 2.20. The Morgan fingerprint density at radius 3 is 2.83 bits per heavy atom. The largest absolute Gasteiger partial charge is 0.335 e. The van der Waals surface area contributed by atoms with Gasteiger partial charge in [-0.05, 0) is 24.6 Å². The fourth-order valence-corrected chi connectivity index (χ4v) is 1.98. The predicted octanol–water partition coefficient (Wildman–Crippen LogP) is 2.00. The molecule has 2 aromatic heterocycles. The molecule has 0 spiro atoms. The Hall–Kier alpha value is -1.68. The van der Waals surface area contributed by atoms with Gasteiger partial charge in [0.05, 0.1) is 0 Å². The first-order chi connectivity index (χ1) is 8.83. The molecule has 4 nitrogen and oxygen atoms in total. The van der Waals surface area contributed by atoms with Gasteiger partial charge in [0.2, 0.25) is 0 Å². The molecule has 1 N–H and O–H groups in total. The van der Waals surface area contributed by atoms with E-state index >= 15 is 0 Å². The van der Waals surface area contributed by atoms with Crippen molar-refractivity contribution in [2.45, 2.75) is 33.4 Å². The van der Waals surface area contributed by atoms with Gasteiger partial charge in [-0.25, -0.2) is 4.98 Å². The van der Waals surface area contributed by atoms with E-state index < -0.39 is 0 Å². The molecule has 0 saturated heterocycles. The second-order valence-corrected chi connectivity index (χ2v) is 4.29. The van der Waals surface area contributed by atoms with Crippen LogP contribution in [-0.2, 0) is 19.5 Å². The highest BCUT2D eigenvalue weighted by Crippen LogP contribution is 2.09. The van der Waals surface area contributed by atoms with Gasteiger partial charge in [0.1, 0.15) is 5.82 Å². The van der Waals surface area contributed by atoms with Crippen LogP contribution in [0, 0.1) is 0 Å². The van der Waals surface area contributed by atoms with Crippen molar-refractivity contribution in [1.29, 1.82) is 0 Å².